The summed E-state index contributed by atoms with van der Waals surface area (Å²) in [6, 6.07) is 9.85. The first kappa shape index (κ1) is 29.3. The lowest BCUT2D eigenvalue weighted by Gasteiger charge is -2.60. The number of nitrogens with zero attached hydrogens (tertiary/aromatic N) is 2. The summed E-state index contributed by atoms with van der Waals surface area (Å²) in [5.41, 5.74) is 3.78. The number of ether oxygens (including phenoxy) is 3. The second-order valence-corrected chi connectivity index (χ2v) is 13.0. The van der Waals surface area contributed by atoms with Crippen molar-refractivity contribution in [3.05, 3.63) is 65.2 Å². The Kier molecular flexibility index (Phi) is 7.76. The average Bonchev–Trinajstić information content (AvgIpc) is 3.31. The number of hydrogen-bond acceptors (Lipinski definition) is 6. The summed E-state index contributed by atoms with van der Waals surface area (Å²) >= 11 is 0. The Labute approximate surface area is 255 Å². The third-order valence-electron chi connectivity index (χ3n) is 9.87. The minimum absolute atomic E-state index is 0.148. The summed E-state index contributed by atoms with van der Waals surface area (Å²) in [4.78, 5) is 30.7. The number of methoxy groups -OCH3 is 1. The molecule has 0 unspecified atom stereocenters. The fraction of sp³-hybridized carbons (Fsp3) is 0.500. The van der Waals surface area contributed by atoms with Gasteiger partial charge in [-0.3, -0.25) is 14.5 Å². The van der Waals surface area contributed by atoms with Crippen LogP contribution in [0.5, 0.6) is 17.2 Å². The molecule has 1 spiro atoms. The van der Waals surface area contributed by atoms with Crippen molar-refractivity contribution in [3.63, 3.8) is 0 Å². The number of aryl methyl sites for hydroxylation is 1. The van der Waals surface area contributed by atoms with Gasteiger partial charge in [0, 0.05) is 60.1 Å². The van der Waals surface area contributed by atoms with E-state index in [1.165, 1.54) is 6.92 Å². The summed E-state index contributed by atoms with van der Waals surface area (Å²) in [6.45, 7) is 14.1. The van der Waals surface area contributed by atoms with E-state index in [2.05, 4.69) is 37.2 Å². The van der Waals surface area contributed by atoms with Crippen molar-refractivity contribution in [1.82, 2.24) is 9.80 Å². The fourth-order valence-corrected chi connectivity index (χ4v) is 8.43. The molecule has 226 valence electrons. The van der Waals surface area contributed by atoms with Crippen LogP contribution in [0, 0.1) is 30.6 Å². The fourth-order valence-electron chi connectivity index (χ4n) is 8.43. The van der Waals surface area contributed by atoms with Crippen LogP contribution < -0.4 is 14.2 Å². The number of amides is 1. The molecule has 43 heavy (non-hydrogen) atoms. The second-order valence-electron chi connectivity index (χ2n) is 13.0. The molecular weight excluding hydrogens is 540 g/mol. The quantitative estimate of drug-likeness (QED) is 0.197. The Bertz CT molecular complexity index is 1520. The predicted octanol–water partition coefficient (Wildman–Crippen LogP) is 5.06. The average molecular weight is 583 g/mol. The smallest absolute Gasteiger partial charge is 0.308 e. The van der Waals surface area contributed by atoms with Crippen LogP contribution in [-0.4, -0.2) is 66.6 Å². The van der Waals surface area contributed by atoms with Crippen molar-refractivity contribution in [3.8, 4) is 29.1 Å². The lowest BCUT2D eigenvalue weighted by Crippen LogP contribution is -2.69. The summed E-state index contributed by atoms with van der Waals surface area (Å²) in [7, 11) is 1.63. The summed E-state index contributed by atoms with van der Waals surface area (Å²) in [5.74, 6) is 8.04. The predicted molar refractivity (Wildman–Crippen MR) is 165 cm³/mol. The van der Waals surface area contributed by atoms with Crippen molar-refractivity contribution in [2.75, 3.05) is 26.7 Å². The monoisotopic (exact) mass is 582 g/mol. The third kappa shape index (κ3) is 4.90. The van der Waals surface area contributed by atoms with E-state index < -0.39 is 0 Å². The maximum atomic E-state index is 14.0. The number of esters is 1. The highest BCUT2D eigenvalue weighted by Crippen LogP contribution is 2.65. The summed E-state index contributed by atoms with van der Waals surface area (Å²) < 4.78 is 18.7. The standard InChI is InChI=1S/C36H42N2O5/c1-7-16-37-17-15-36-27-12-13-28(38(21-22(2)3)32(40)14-11-25-10-8-9-23(4)18-25)35(36)43-34-31(41-6)20-30(42-24(5)39)26(33(34)36)19-29(27)37/h7-10,18,20,22,27-29,35H,1,12-13,15-17,19,21H2,2-6H3/t27-,28-,29+,35-,36-/m0/s1. The Morgan fingerprint density at radius 1 is 1.26 bits per heavy atom. The molecule has 7 heteroatoms. The number of benzene rings is 2. The van der Waals surface area contributed by atoms with Crippen LogP contribution in [0.3, 0.4) is 0 Å². The van der Waals surface area contributed by atoms with Gasteiger partial charge in [0.2, 0.25) is 0 Å². The van der Waals surface area contributed by atoms with Crippen LogP contribution in [0.25, 0.3) is 0 Å². The minimum Gasteiger partial charge on any atom is -0.493 e. The van der Waals surface area contributed by atoms with E-state index in [0.717, 1.165) is 66.8 Å². The van der Waals surface area contributed by atoms with E-state index in [9.17, 15) is 9.59 Å². The Morgan fingerprint density at radius 3 is 2.77 bits per heavy atom. The van der Waals surface area contributed by atoms with Gasteiger partial charge in [-0.2, -0.15) is 0 Å². The zero-order valence-electron chi connectivity index (χ0n) is 25.9. The van der Waals surface area contributed by atoms with Gasteiger partial charge in [-0.1, -0.05) is 38.0 Å². The Hall–Kier alpha value is -3.76. The van der Waals surface area contributed by atoms with E-state index in [4.69, 9.17) is 14.2 Å². The molecule has 0 N–H and O–H groups in total. The van der Waals surface area contributed by atoms with Crippen LogP contribution in [0.2, 0.25) is 0 Å². The van der Waals surface area contributed by atoms with Gasteiger partial charge in [0.15, 0.2) is 11.5 Å². The molecule has 2 heterocycles. The lowest BCUT2D eigenvalue weighted by molar-refractivity contribution is -0.137. The van der Waals surface area contributed by atoms with Crippen molar-refractivity contribution in [2.45, 2.75) is 77.0 Å². The maximum Gasteiger partial charge on any atom is 0.308 e. The largest absolute Gasteiger partial charge is 0.493 e. The van der Waals surface area contributed by atoms with Crippen molar-refractivity contribution < 1.29 is 23.8 Å². The number of piperidine rings is 1. The van der Waals surface area contributed by atoms with Crippen LogP contribution in [0.4, 0.5) is 0 Å². The van der Waals surface area contributed by atoms with Gasteiger partial charge in [0.25, 0.3) is 5.91 Å². The molecule has 2 aliphatic heterocycles. The van der Waals surface area contributed by atoms with Crippen LogP contribution in [0.1, 0.15) is 62.3 Å². The molecule has 1 saturated carbocycles. The van der Waals surface area contributed by atoms with Crippen LogP contribution in [-0.2, 0) is 21.4 Å². The first-order valence-electron chi connectivity index (χ1n) is 15.5. The molecule has 2 aliphatic carbocycles. The second kappa shape index (κ2) is 11.4. The molecule has 2 fully saturated rings. The number of hydrogen-bond donors (Lipinski definition) is 0. The number of carbonyl (C=O) groups excluding carboxylic acids is 2. The zero-order valence-corrected chi connectivity index (χ0v) is 25.9. The van der Waals surface area contributed by atoms with Gasteiger partial charge in [0.05, 0.1) is 13.2 Å². The van der Waals surface area contributed by atoms with E-state index >= 15 is 0 Å². The molecule has 4 aliphatic rings. The summed E-state index contributed by atoms with van der Waals surface area (Å²) in [6.07, 6.45) is 5.18. The third-order valence-corrected chi connectivity index (χ3v) is 9.87. The molecule has 2 aromatic rings. The van der Waals surface area contributed by atoms with Gasteiger partial charge in [-0.25, -0.2) is 0 Å². The highest BCUT2D eigenvalue weighted by Gasteiger charge is 2.67. The van der Waals surface area contributed by atoms with Crippen molar-refractivity contribution in [1.29, 1.82) is 0 Å². The molecule has 1 saturated heterocycles. The normalized spacial score (nSPS) is 26.5. The molecule has 0 aromatic heterocycles. The van der Waals surface area contributed by atoms with Gasteiger partial charge in [0.1, 0.15) is 11.9 Å². The van der Waals surface area contributed by atoms with Gasteiger partial charge < -0.3 is 19.1 Å². The first-order chi connectivity index (χ1) is 20.7. The summed E-state index contributed by atoms with van der Waals surface area (Å²) in [5, 5.41) is 0. The van der Waals surface area contributed by atoms with Gasteiger partial charge in [-0.05, 0) is 68.7 Å². The molecular formula is C36H42N2O5. The van der Waals surface area contributed by atoms with Crippen LogP contribution in [0.15, 0.2) is 43.0 Å². The molecule has 6 rings (SSSR count). The highest BCUT2D eigenvalue weighted by atomic mass is 16.5. The number of rotatable bonds is 7. The lowest BCUT2D eigenvalue weighted by atomic mass is 9.50. The van der Waals surface area contributed by atoms with E-state index in [1.807, 2.05) is 42.2 Å². The molecule has 2 aromatic carbocycles. The zero-order chi connectivity index (χ0) is 30.5. The number of carbonyl (C=O) groups is 2. The van der Waals surface area contributed by atoms with E-state index in [-0.39, 0.29) is 41.4 Å². The molecule has 2 bridgehead atoms. The Balaban J connectivity index is 1.46. The molecule has 7 nitrogen and oxygen atoms in total. The molecule has 1 amide bonds. The van der Waals surface area contributed by atoms with E-state index in [0.29, 0.717) is 24.0 Å². The first-order valence-corrected chi connectivity index (χ1v) is 15.5. The molecule has 0 radical (unpaired) electrons. The topological polar surface area (TPSA) is 68.3 Å². The Morgan fingerprint density at radius 2 is 2.07 bits per heavy atom. The van der Waals surface area contributed by atoms with E-state index in [1.54, 1.807) is 13.2 Å². The molecule has 5 atom stereocenters. The maximum absolute atomic E-state index is 14.0. The van der Waals surface area contributed by atoms with Gasteiger partial charge >= 0.3 is 5.97 Å². The highest BCUT2D eigenvalue weighted by molar-refractivity contribution is 5.94. The van der Waals surface area contributed by atoms with Crippen LogP contribution >= 0.6 is 0 Å². The number of likely N-dealkylation sites (tertiary alicyclic amines) is 1. The van der Waals surface area contributed by atoms with Crippen molar-refractivity contribution >= 4 is 11.9 Å². The van der Waals surface area contributed by atoms with Crippen molar-refractivity contribution in [2.24, 2.45) is 11.8 Å². The minimum atomic E-state index is -0.358. The SMILES string of the molecule is C=CCN1CC[C@]23c4c5c(OC(C)=O)cc(OC)c4O[C@H]2[C@@H](N(CC(C)C)C(=O)C#Cc2cccc(C)c2)CC[C@H]3[C@H]1C5. The van der Waals surface area contributed by atoms with Gasteiger partial charge in [-0.15, -0.1) is 6.58 Å².